The van der Waals surface area contributed by atoms with Crippen molar-refractivity contribution in [2.24, 2.45) is 0 Å². The van der Waals surface area contributed by atoms with Crippen molar-refractivity contribution < 1.29 is 282 Å². The summed E-state index contributed by atoms with van der Waals surface area (Å²) in [4.78, 5) is 66.5. The van der Waals surface area contributed by atoms with Gasteiger partial charge in [-0.25, -0.2) is 4.79 Å². The number of aliphatic hydroxyl groups is 30. The molecule has 0 saturated carbocycles. The summed E-state index contributed by atoms with van der Waals surface area (Å²) in [6.45, 7) is -5.01. The molecule has 11 aliphatic rings. The van der Waals surface area contributed by atoms with E-state index in [0.29, 0.717) is 0 Å². The van der Waals surface area contributed by atoms with Crippen LogP contribution in [0, 0.1) is 0 Å². The van der Waals surface area contributed by atoms with Gasteiger partial charge in [-0.2, -0.15) is 0 Å². The first-order valence-corrected chi connectivity index (χ1v) is 44.0. The molecule has 61 heteroatoms. The van der Waals surface area contributed by atoms with Crippen LogP contribution < -0.4 is 21.3 Å². The van der Waals surface area contributed by atoms with Crippen LogP contribution in [0.2, 0.25) is 0 Å². The fraction of sp³-hybridized carbons (Fsp3) is 0.935. The number of nitrogens with one attached hydrogen (secondary N) is 4. The number of aliphatic carboxylic acids is 1. The first-order valence-electron chi connectivity index (χ1n) is 44.0. The highest BCUT2D eigenvalue weighted by Gasteiger charge is 2.65. The highest BCUT2D eigenvalue weighted by atomic mass is 16.8. The predicted octanol–water partition coefficient (Wildman–Crippen LogP) is -23.1. The normalized spacial score (nSPS) is 49.1. The Hall–Kier alpha value is -4.69. The second kappa shape index (κ2) is 48.8. The third-order valence-corrected chi connectivity index (χ3v) is 25.5. The van der Waals surface area contributed by atoms with Gasteiger partial charge in [0.15, 0.2) is 62.9 Å². The predicted molar refractivity (Wildman–Crippen MR) is 423 cm³/mol. The van der Waals surface area contributed by atoms with Crippen molar-refractivity contribution in [3.8, 4) is 0 Å². The average Bonchev–Trinajstić information content (AvgIpc) is 0.751. The molecule has 0 aliphatic carbocycles. The van der Waals surface area contributed by atoms with Gasteiger partial charge in [0.2, 0.25) is 23.6 Å². The summed E-state index contributed by atoms with van der Waals surface area (Å²) in [5.74, 6) is -9.72. The minimum Gasteiger partial charge on any atom is -0.477 e. The van der Waals surface area contributed by atoms with Crippen molar-refractivity contribution in [1.82, 2.24) is 21.3 Å². The second-order valence-corrected chi connectivity index (χ2v) is 35.2. The van der Waals surface area contributed by atoms with Crippen LogP contribution in [-0.2, 0) is 123 Å². The fourth-order valence-electron chi connectivity index (χ4n) is 18.0. The molecule has 0 aromatic heterocycles. The van der Waals surface area contributed by atoms with E-state index in [1.54, 1.807) is 0 Å². The highest BCUT2D eigenvalue weighted by molar-refractivity contribution is 5.77. The summed E-state index contributed by atoms with van der Waals surface area (Å²) in [6, 6.07) is -8.11. The van der Waals surface area contributed by atoms with Crippen molar-refractivity contribution >= 4 is 29.6 Å². The summed E-state index contributed by atoms with van der Waals surface area (Å²) < 4.78 is 126. The largest absolute Gasteiger partial charge is 0.477 e. The van der Waals surface area contributed by atoms with Crippen LogP contribution in [0.4, 0.5) is 0 Å². The highest BCUT2D eigenvalue weighted by Crippen LogP contribution is 2.44. The maximum atomic E-state index is 13.8. The third kappa shape index (κ3) is 24.6. The molecule has 56 atom stereocenters. The lowest BCUT2D eigenvalue weighted by Crippen LogP contribution is -2.72. The molecule has 0 spiro atoms. The molecule has 35 N–H and O–H groups in total. The molecule has 798 valence electrons. The van der Waals surface area contributed by atoms with Gasteiger partial charge in [0.25, 0.3) is 5.79 Å². The van der Waals surface area contributed by atoms with Gasteiger partial charge in [-0.3, -0.25) is 19.2 Å². The second-order valence-electron chi connectivity index (χ2n) is 35.2. The minimum atomic E-state index is -3.42. The Balaban J connectivity index is 0.900. The van der Waals surface area contributed by atoms with Crippen LogP contribution in [0.3, 0.4) is 0 Å². The molecule has 11 rings (SSSR count). The lowest BCUT2D eigenvalue weighted by Gasteiger charge is -2.52. The van der Waals surface area contributed by atoms with Crippen LogP contribution in [-0.4, -0.2) is 590 Å². The van der Waals surface area contributed by atoms with E-state index in [1.807, 2.05) is 0 Å². The van der Waals surface area contributed by atoms with Crippen molar-refractivity contribution in [1.29, 1.82) is 0 Å². The Kier molecular flexibility index (Phi) is 40.1. The molecular formula is C77H128N4O57. The van der Waals surface area contributed by atoms with Crippen LogP contribution in [0.25, 0.3) is 0 Å². The number of hydrogen-bond acceptors (Lipinski definition) is 56. The SMILES string of the molecule is CC(=O)N[C@H]1[C@H](OC[C@H]2O[C@@H](O[C@H]3[C@H](O)[C@@H](O)[C@H](O)O[C@@H]3CO)[C@H](O)[C@@H](O[C@@H]3O[C@H](CO)[C@@H](O[C@@H]4O[C@@H](C)[C@@H](O)[C@@H](O)[C@@H]4O)[C@H](O[C@@H]4O[C@H](CO)[C@H](O)[C@H](O[C@]5(C(=O)O)C[C@H](O)[C@@H](NC(C)=O)[C@H]([C@H](O)[C@H](O)CO)O5)[C@H]4O)[C@H]3NC(C)=O)[C@H]2O)O[C@H](CO)[C@@H](O[C@@H]2O[C@H](CO)[C@H](O)[C@H](O[C@@H]3O[C@H](CO)[C@@H](O[C@@H]4O[C@@H](C)[C@@H](O)[C@@H](O)[C@@H]4O)[C@H](O[C@@H]4O[C@H](CO)[C@H](O)[C@H](O)[C@H]4O)[C@H]3NC(C)=O)[C@H]2O)[C@@H]1O. The van der Waals surface area contributed by atoms with Gasteiger partial charge in [0.05, 0.1) is 83.8 Å². The number of carboxylic acid groups (broad SMARTS) is 1. The van der Waals surface area contributed by atoms with Crippen LogP contribution >= 0.6 is 0 Å². The van der Waals surface area contributed by atoms with E-state index >= 15 is 0 Å². The Bertz CT molecular complexity index is 3850. The summed E-state index contributed by atoms with van der Waals surface area (Å²) >= 11 is 0. The fourth-order valence-corrected chi connectivity index (χ4v) is 18.0. The first-order chi connectivity index (χ1) is 65.1. The zero-order valence-electron chi connectivity index (χ0n) is 74.3. The number of ether oxygens (including phenoxy) is 21. The number of carbonyl (C=O) groups excluding carboxylic acids is 4. The maximum absolute atomic E-state index is 13.8. The monoisotopic (exact) mass is 2020 g/mol. The molecule has 11 aliphatic heterocycles. The zero-order chi connectivity index (χ0) is 102. The number of hydrogen-bond donors (Lipinski definition) is 35. The molecule has 4 amide bonds. The molecule has 0 radical (unpaired) electrons. The van der Waals surface area contributed by atoms with Crippen molar-refractivity contribution in [2.45, 2.75) is 391 Å². The van der Waals surface area contributed by atoms with Gasteiger partial charge in [-0.15, -0.1) is 0 Å². The molecule has 0 bridgehead atoms. The smallest absolute Gasteiger partial charge is 0.364 e. The van der Waals surface area contributed by atoms with Gasteiger partial charge >= 0.3 is 5.97 Å². The Morgan fingerprint density at radius 1 is 0.312 bits per heavy atom. The van der Waals surface area contributed by atoms with Crippen LogP contribution in [0.1, 0.15) is 48.0 Å². The van der Waals surface area contributed by atoms with Crippen LogP contribution in [0.15, 0.2) is 0 Å². The van der Waals surface area contributed by atoms with Crippen molar-refractivity contribution in [2.75, 3.05) is 59.5 Å². The Labute approximate surface area is 780 Å². The minimum absolute atomic E-state index is 0.830. The summed E-state index contributed by atoms with van der Waals surface area (Å²) in [6.07, 6.45) is -112. The van der Waals surface area contributed by atoms with E-state index in [-0.39, 0.29) is 0 Å². The van der Waals surface area contributed by atoms with Gasteiger partial charge in [0.1, 0.15) is 250 Å². The molecule has 0 aromatic rings. The molecule has 0 unspecified atom stereocenters. The summed E-state index contributed by atoms with van der Waals surface area (Å²) in [5.41, 5.74) is 0. The van der Waals surface area contributed by atoms with Gasteiger partial charge in [0, 0.05) is 34.1 Å². The van der Waals surface area contributed by atoms with E-state index in [4.69, 9.17) is 99.5 Å². The number of rotatable bonds is 36. The van der Waals surface area contributed by atoms with Crippen LogP contribution in [0.5, 0.6) is 0 Å². The molecule has 61 nitrogen and oxygen atoms in total. The molecule has 0 aromatic carbocycles. The average molecular weight is 2020 g/mol. The van der Waals surface area contributed by atoms with E-state index in [0.717, 1.165) is 27.7 Å². The number of carboxylic acids is 1. The Morgan fingerprint density at radius 3 is 1.05 bits per heavy atom. The maximum Gasteiger partial charge on any atom is 0.364 e. The molecular weight excluding hydrogens is 1890 g/mol. The van der Waals surface area contributed by atoms with E-state index in [2.05, 4.69) is 21.3 Å². The topological polar surface area (TPSA) is 954 Å². The lowest BCUT2D eigenvalue weighted by molar-refractivity contribution is -0.400. The lowest BCUT2D eigenvalue weighted by atomic mass is 9.88. The standard InChI is InChI=1S/C77H128N4O57/c1-17-37(96)45(104)50(109)70(119-17)131-58-30(14-88)126-68(35(80-21(5)92)61(58)133-72-52(111)47(106)40(99)25(9-83)122-72)135-63-41(100)26(10-84)123-73(53(63)112)129-56-29(13-87)125-67(34(44(56)103)79-20(4)91)118-16-32-43(102)64(54(113)74(128-32)130-57-28(12-86)121-66(115)49(108)48(57)107)136-69-36(81-22(6)93)62(59(31(15-89)127-69)132-71-51(110)46(105)38(97)18(2)120-71)134-75-55(114)65(42(101)27(11-85)124-75)138-77(76(116)117)7-23(94)33(78-19(3)90)60(137-77)39(98)24(95)8-82/h17-18,23-75,82-89,94-115H,7-16H2,1-6H3,(H,78,90)(H,79,91)(H,80,92)(H,81,93)(H,116,117)/t17-,18-,23-,24+,25+,26+,27+,28+,29+,30+,31+,32+,33+,34+,35+,36+,37+,38+,39+,40-,41-,42-,43-,44+,45+,46+,47-,48+,49+,50-,51-,52+,53+,54+,55+,56+,57+,58+,59+,60+,61+,62+,63-,64-,65-,66+,67+,68-,69-,70-,71-,72-,73-,74-,75-,77-/m0/s1. The summed E-state index contributed by atoms with van der Waals surface area (Å²) in [5, 5.41) is 357. The van der Waals surface area contributed by atoms with E-state index < -0.39 is 439 Å². The van der Waals surface area contributed by atoms with Crippen molar-refractivity contribution in [3.05, 3.63) is 0 Å². The van der Waals surface area contributed by atoms with E-state index in [1.165, 1.54) is 13.8 Å². The van der Waals surface area contributed by atoms with Gasteiger partial charge in [-0.1, -0.05) is 0 Å². The molecule has 11 heterocycles. The van der Waals surface area contributed by atoms with E-state index in [9.17, 15) is 182 Å². The number of aliphatic hydroxyl groups excluding tert-OH is 30. The van der Waals surface area contributed by atoms with Crippen molar-refractivity contribution in [3.63, 3.8) is 0 Å². The third-order valence-electron chi connectivity index (χ3n) is 25.5. The summed E-state index contributed by atoms with van der Waals surface area (Å²) in [7, 11) is 0. The molecule has 11 fully saturated rings. The quantitative estimate of drug-likeness (QED) is 0.0277. The Morgan fingerprint density at radius 2 is 0.630 bits per heavy atom. The van der Waals surface area contributed by atoms with Gasteiger partial charge < -0.3 is 279 Å². The number of amides is 4. The molecule has 138 heavy (non-hydrogen) atoms. The number of carbonyl (C=O) groups is 5. The van der Waals surface area contributed by atoms with Gasteiger partial charge in [-0.05, 0) is 13.8 Å². The zero-order valence-corrected chi connectivity index (χ0v) is 74.3. The molecule has 11 saturated heterocycles. The first kappa shape index (κ1) is 114.